The zero-order chi connectivity index (χ0) is 19.5. The van der Waals surface area contributed by atoms with Crippen molar-refractivity contribution in [2.75, 3.05) is 7.11 Å². The van der Waals surface area contributed by atoms with Crippen LogP contribution in [0.2, 0.25) is 0 Å². The van der Waals surface area contributed by atoms with Crippen LogP contribution in [0.25, 0.3) is 17.6 Å². The fourth-order valence-corrected chi connectivity index (χ4v) is 1.92. The van der Waals surface area contributed by atoms with Gasteiger partial charge in [0.2, 0.25) is 5.83 Å². The van der Waals surface area contributed by atoms with Crippen molar-refractivity contribution in [1.29, 1.82) is 0 Å². The van der Waals surface area contributed by atoms with Gasteiger partial charge in [0.15, 0.2) is 5.82 Å². The van der Waals surface area contributed by atoms with Gasteiger partial charge in [0.1, 0.15) is 12.1 Å². The highest BCUT2D eigenvalue weighted by atomic mass is 19.4. The van der Waals surface area contributed by atoms with Crippen LogP contribution in [-0.2, 0) is 15.7 Å². The summed E-state index contributed by atoms with van der Waals surface area (Å²) in [5.74, 6) is -2.54. The highest BCUT2D eigenvalue weighted by molar-refractivity contribution is 5.89. The number of hydrogen-bond acceptors (Lipinski definition) is 5. The number of methoxy groups -OCH3 is 1. The molecule has 6 nitrogen and oxygen atoms in total. The third kappa shape index (κ3) is 4.80. The lowest BCUT2D eigenvalue weighted by Crippen LogP contribution is -2.12. The van der Waals surface area contributed by atoms with E-state index in [4.69, 9.17) is 4.74 Å². The molecule has 0 aliphatic rings. The Morgan fingerprint density at radius 1 is 1.27 bits per heavy atom. The highest BCUT2D eigenvalue weighted by Gasteiger charge is 2.31. The molecule has 0 spiro atoms. The number of halogens is 4. The lowest BCUT2D eigenvalue weighted by molar-refractivity contribution is -0.144. The number of carbonyl (C=O) groups is 1. The van der Waals surface area contributed by atoms with E-state index in [0.29, 0.717) is 6.20 Å². The molecule has 0 atom stereocenters. The molecule has 0 amide bonds. The van der Waals surface area contributed by atoms with Gasteiger partial charge in [0.05, 0.1) is 25.0 Å². The molecule has 2 aromatic rings. The first-order chi connectivity index (χ1) is 12.1. The van der Waals surface area contributed by atoms with Crippen molar-refractivity contribution < 1.29 is 31.8 Å². The Labute approximate surface area is 146 Å². The maximum Gasteiger partial charge on any atom is 0.416 e. The smallest absolute Gasteiger partial charge is 0.416 e. The van der Waals surface area contributed by atoms with E-state index in [1.54, 1.807) is 13.8 Å². The van der Waals surface area contributed by atoms with E-state index < -0.39 is 29.6 Å². The van der Waals surface area contributed by atoms with Gasteiger partial charge >= 0.3 is 12.1 Å². The zero-order valence-corrected chi connectivity index (χ0v) is 14.0. The predicted molar refractivity (Wildman–Crippen MR) is 83.6 cm³/mol. The van der Waals surface area contributed by atoms with Gasteiger partial charge in [0.25, 0.3) is 0 Å². The van der Waals surface area contributed by atoms with E-state index in [2.05, 4.69) is 14.8 Å². The summed E-state index contributed by atoms with van der Waals surface area (Å²) < 4.78 is 63.0. The van der Waals surface area contributed by atoms with Crippen molar-refractivity contribution in [2.24, 2.45) is 0 Å². The minimum absolute atomic E-state index is 0.0222. The SMILES string of the molecule is COc1cc(-c2ncn(C=C(F)C(=O)OC(C)C)n2)cc(C(F)(F)F)c1. The van der Waals surface area contributed by atoms with Crippen LogP contribution in [0.3, 0.4) is 0 Å². The molecule has 0 unspecified atom stereocenters. The van der Waals surface area contributed by atoms with Crippen molar-refractivity contribution in [3.05, 3.63) is 35.9 Å². The summed E-state index contributed by atoms with van der Waals surface area (Å²) in [4.78, 5) is 15.2. The van der Waals surface area contributed by atoms with E-state index >= 15 is 0 Å². The molecule has 0 bridgehead atoms. The van der Waals surface area contributed by atoms with Crippen LogP contribution < -0.4 is 4.74 Å². The average Bonchev–Trinajstić information content (AvgIpc) is 3.01. The molecule has 0 saturated carbocycles. The second kappa shape index (κ2) is 7.54. The van der Waals surface area contributed by atoms with Gasteiger partial charge in [-0.2, -0.15) is 17.6 Å². The van der Waals surface area contributed by atoms with Crippen LogP contribution in [0.4, 0.5) is 17.6 Å². The van der Waals surface area contributed by atoms with Crippen LogP contribution >= 0.6 is 0 Å². The van der Waals surface area contributed by atoms with Crippen molar-refractivity contribution in [3.8, 4) is 17.1 Å². The molecule has 0 aliphatic carbocycles. The fraction of sp³-hybridized carbons (Fsp3) is 0.312. The van der Waals surface area contributed by atoms with E-state index in [1.807, 2.05) is 0 Å². The molecule has 0 fully saturated rings. The lowest BCUT2D eigenvalue weighted by atomic mass is 10.1. The number of benzene rings is 1. The van der Waals surface area contributed by atoms with Gasteiger partial charge in [-0.25, -0.2) is 14.5 Å². The summed E-state index contributed by atoms with van der Waals surface area (Å²) in [6.45, 7) is 3.11. The van der Waals surface area contributed by atoms with Gasteiger partial charge in [-0.05, 0) is 32.0 Å². The summed E-state index contributed by atoms with van der Waals surface area (Å²) in [5, 5.41) is 3.84. The lowest BCUT2D eigenvalue weighted by Gasteiger charge is -2.10. The van der Waals surface area contributed by atoms with E-state index in [0.717, 1.165) is 23.1 Å². The van der Waals surface area contributed by atoms with Crippen LogP contribution in [0, 0.1) is 0 Å². The first kappa shape index (κ1) is 19.4. The Hall–Kier alpha value is -2.91. The Bertz CT molecular complexity index is 828. The topological polar surface area (TPSA) is 66.2 Å². The molecular formula is C16H15F4N3O3. The zero-order valence-electron chi connectivity index (χ0n) is 14.0. The van der Waals surface area contributed by atoms with E-state index in [-0.39, 0.29) is 17.1 Å². The molecule has 1 heterocycles. The molecule has 0 radical (unpaired) electrons. The molecule has 1 aromatic heterocycles. The number of nitrogens with zero attached hydrogens (tertiary/aromatic N) is 3. The number of aromatic nitrogens is 3. The first-order valence-corrected chi connectivity index (χ1v) is 7.36. The van der Waals surface area contributed by atoms with E-state index in [9.17, 15) is 22.4 Å². The number of carbonyl (C=O) groups excluding carboxylic acids is 1. The van der Waals surface area contributed by atoms with Gasteiger partial charge in [-0.3, -0.25) is 0 Å². The number of rotatable bonds is 5. The van der Waals surface area contributed by atoms with Gasteiger partial charge < -0.3 is 9.47 Å². The summed E-state index contributed by atoms with van der Waals surface area (Å²) in [6.07, 6.45) is -3.33. The maximum atomic E-state index is 13.7. The van der Waals surface area contributed by atoms with Crippen LogP contribution in [0.15, 0.2) is 30.4 Å². The van der Waals surface area contributed by atoms with Gasteiger partial charge in [-0.1, -0.05) is 0 Å². The monoisotopic (exact) mass is 373 g/mol. The van der Waals surface area contributed by atoms with Crippen molar-refractivity contribution in [1.82, 2.24) is 14.8 Å². The molecule has 1 aromatic carbocycles. The van der Waals surface area contributed by atoms with Gasteiger partial charge in [0, 0.05) is 5.56 Å². The minimum atomic E-state index is -4.58. The largest absolute Gasteiger partial charge is 0.497 e. The maximum absolute atomic E-state index is 13.7. The summed E-state index contributed by atoms with van der Waals surface area (Å²) in [5.41, 5.74) is -0.917. The summed E-state index contributed by atoms with van der Waals surface area (Å²) >= 11 is 0. The Kier molecular flexibility index (Phi) is 5.63. The molecule has 0 N–H and O–H groups in total. The molecule has 26 heavy (non-hydrogen) atoms. The first-order valence-electron chi connectivity index (χ1n) is 7.36. The fourth-order valence-electron chi connectivity index (χ4n) is 1.92. The average molecular weight is 373 g/mol. The second-order valence-electron chi connectivity index (χ2n) is 5.43. The molecule has 10 heteroatoms. The molecule has 140 valence electrons. The summed E-state index contributed by atoms with van der Waals surface area (Å²) in [7, 11) is 1.23. The standard InChI is InChI=1S/C16H15F4N3O3/c1-9(2)26-15(24)13(17)7-23-8-21-14(22-23)10-4-11(16(18,19)20)6-12(5-10)25-3/h4-9H,1-3H3. The number of alkyl halides is 3. The molecular weight excluding hydrogens is 358 g/mol. The van der Waals surface area contributed by atoms with E-state index in [1.165, 1.54) is 13.2 Å². The number of hydrogen-bond donors (Lipinski definition) is 0. The van der Waals surface area contributed by atoms with Crippen LogP contribution in [0.5, 0.6) is 5.75 Å². The molecule has 2 rings (SSSR count). The second-order valence-corrected chi connectivity index (χ2v) is 5.43. The van der Waals surface area contributed by atoms with Crippen molar-refractivity contribution in [3.63, 3.8) is 0 Å². The van der Waals surface area contributed by atoms with Crippen molar-refractivity contribution in [2.45, 2.75) is 26.1 Å². The minimum Gasteiger partial charge on any atom is -0.497 e. The third-order valence-corrected chi connectivity index (χ3v) is 3.02. The van der Waals surface area contributed by atoms with Crippen LogP contribution in [0.1, 0.15) is 19.4 Å². The number of ether oxygens (including phenoxy) is 2. The Balaban J connectivity index is 2.34. The van der Waals surface area contributed by atoms with Gasteiger partial charge in [-0.15, -0.1) is 5.10 Å². The third-order valence-electron chi connectivity index (χ3n) is 3.02. The van der Waals surface area contributed by atoms with Crippen LogP contribution in [-0.4, -0.2) is 33.9 Å². The quantitative estimate of drug-likeness (QED) is 0.454. The Morgan fingerprint density at radius 2 is 1.96 bits per heavy atom. The molecule has 0 saturated heterocycles. The number of esters is 1. The summed E-state index contributed by atoms with van der Waals surface area (Å²) in [6, 6.07) is 2.99. The molecule has 0 aliphatic heterocycles. The normalized spacial score (nSPS) is 12.4. The van der Waals surface area contributed by atoms with Crippen molar-refractivity contribution >= 4 is 12.2 Å². The predicted octanol–water partition coefficient (Wildman–Crippen LogP) is 3.69. The highest BCUT2D eigenvalue weighted by Crippen LogP contribution is 2.34. The Morgan fingerprint density at radius 3 is 2.54 bits per heavy atom.